The van der Waals surface area contributed by atoms with Crippen LogP contribution in [0.1, 0.15) is 23.2 Å². The van der Waals surface area contributed by atoms with Gasteiger partial charge in [-0.05, 0) is 18.6 Å². The van der Waals surface area contributed by atoms with Gasteiger partial charge in [0.2, 0.25) is 0 Å². The van der Waals surface area contributed by atoms with Gasteiger partial charge in [0.15, 0.2) is 11.5 Å². The number of carbonyl (C=O) groups is 2. The van der Waals surface area contributed by atoms with E-state index in [1.165, 1.54) is 21.3 Å². The molecule has 0 radical (unpaired) electrons. The predicted molar refractivity (Wildman–Crippen MR) is 77.8 cm³/mol. The zero-order valence-corrected chi connectivity index (χ0v) is 12.8. The van der Waals surface area contributed by atoms with Gasteiger partial charge in [0.05, 0.1) is 26.9 Å². The van der Waals surface area contributed by atoms with Crippen molar-refractivity contribution in [2.45, 2.75) is 12.8 Å². The first-order chi connectivity index (χ1) is 10.0. The molecule has 0 atom stereocenters. The van der Waals surface area contributed by atoms with Crippen molar-refractivity contribution < 1.29 is 23.8 Å². The molecule has 6 nitrogen and oxygen atoms in total. The summed E-state index contributed by atoms with van der Waals surface area (Å²) in [4.78, 5) is 25.0. The van der Waals surface area contributed by atoms with Crippen LogP contribution in [0.15, 0.2) is 18.2 Å². The fourth-order valence-electron chi connectivity index (χ4n) is 1.93. The van der Waals surface area contributed by atoms with Crippen molar-refractivity contribution in [2.75, 3.05) is 34.9 Å². The lowest BCUT2D eigenvalue weighted by Gasteiger charge is -2.19. The van der Waals surface area contributed by atoms with Crippen LogP contribution in [0.3, 0.4) is 0 Å². The summed E-state index contributed by atoms with van der Waals surface area (Å²) in [7, 11) is 6.04. The molecule has 1 aromatic rings. The number of methoxy groups -OCH3 is 3. The van der Waals surface area contributed by atoms with Gasteiger partial charge in [-0.25, -0.2) is 0 Å². The molecule has 6 heteroatoms. The standard InChI is InChI=1S/C15H21NO5/c1-16(10-6-9-13(17)20-3)15(18)11-7-5-8-12(19-2)14(11)21-4/h5,7-8H,6,9-10H2,1-4H3. The van der Waals surface area contributed by atoms with Crippen LogP contribution in [0, 0.1) is 0 Å². The van der Waals surface area contributed by atoms with E-state index in [1.54, 1.807) is 30.1 Å². The minimum atomic E-state index is -0.283. The van der Waals surface area contributed by atoms with Crippen molar-refractivity contribution in [3.63, 3.8) is 0 Å². The highest BCUT2D eigenvalue weighted by Gasteiger charge is 2.19. The van der Waals surface area contributed by atoms with Crippen molar-refractivity contribution in [2.24, 2.45) is 0 Å². The Balaban J connectivity index is 2.76. The van der Waals surface area contributed by atoms with Crippen LogP contribution in [0.5, 0.6) is 11.5 Å². The fraction of sp³-hybridized carbons (Fsp3) is 0.467. The van der Waals surface area contributed by atoms with Crippen molar-refractivity contribution in [1.82, 2.24) is 4.90 Å². The highest BCUT2D eigenvalue weighted by Crippen LogP contribution is 2.31. The zero-order chi connectivity index (χ0) is 15.8. The Morgan fingerprint density at radius 3 is 2.43 bits per heavy atom. The minimum Gasteiger partial charge on any atom is -0.493 e. The Bertz CT molecular complexity index is 501. The van der Waals surface area contributed by atoms with E-state index in [0.717, 1.165) is 0 Å². The molecule has 116 valence electrons. The molecule has 0 N–H and O–H groups in total. The molecule has 0 fully saturated rings. The number of hydrogen-bond donors (Lipinski definition) is 0. The summed E-state index contributed by atoms with van der Waals surface area (Å²) in [6.07, 6.45) is 0.824. The predicted octanol–water partition coefficient (Wildman–Crippen LogP) is 1.73. The second kappa shape index (κ2) is 8.14. The highest BCUT2D eigenvalue weighted by molar-refractivity contribution is 5.97. The average molecular weight is 295 g/mol. The maximum Gasteiger partial charge on any atom is 0.305 e. The van der Waals surface area contributed by atoms with Crippen LogP contribution < -0.4 is 9.47 Å². The second-order valence-corrected chi connectivity index (χ2v) is 4.45. The molecule has 1 amide bonds. The molecule has 0 aliphatic carbocycles. The van der Waals surface area contributed by atoms with E-state index < -0.39 is 0 Å². The topological polar surface area (TPSA) is 65.1 Å². The molecule has 0 saturated heterocycles. The van der Waals surface area contributed by atoms with Crippen LogP contribution >= 0.6 is 0 Å². The number of para-hydroxylation sites is 1. The molecule has 0 bridgehead atoms. The first kappa shape index (κ1) is 16.8. The van der Waals surface area contributed by atoms with Gasteiger partial charge < -0.3 is 19.1 Å². The Kier molecular flexibility index (Phi) is 6.52. The van der Waals surface area contributed by atoms with Gasteiger partial charge in [-0.2, -0.15) is 0 Å². The van der Waals surface area contributed by atoms with Crippen LogP contribution in [0.25, 0.3) is 0 Å². The Morgan fingerprint density at radius 2 is 1.86 bits per heavy atom. The maximum absolute atomic E-state index is 12.4. The van der Waals surface area contributed by atoms with E-state index in [9.17, 15) is 9.59 Å². The summed E-state index contributed by atoms with van der Waals surface area (Å²) in [5.41, 5.74) is 0.428. The van der Waals surface area contributed by atoms with E-state index >= 15 is 0 Å². The molecule has 0 heterocycles. The van der Waals surface area contributed by atoms with Gasteiger partial charge in [-0.3, -0.25) is 9.59 Å². The highest BCUT2D eigenvalue weighted by atomic mass is 16.5. The first-order valence-corrected chi connectivity index (χ1v) is 6.58. The summed E-state index contributed by atoms with van der Waals surface area (Å²) >= 11 is 0. The lowest BCUT2D eigenvalue weighted by molar-refractivity contribution is -0.140. The third kappa shape index (κ3) is 4.37. The number of benzene rings is 1. The third-order valence-electron chi connectivity index (χ3n) is 3.08. The van der Waals surface area contributed by atoms with E-state index in [1.807, 2.05) is 0 Å². The smallest absolute Gasteiger partial charge is 0.305 e. The minimum absolute atomic E-state index is 0.185. The summed E-state index contributed by atoms with van der Waals surface area (Å²) in [5, 5.41) is 0. The summed E-state index contributed by atoms with van der Waals surface area (Å²) in [5.74, 6) is 0.446. The second-order valence-electron chi connectivity index (χ2n) is 4.45. The van der Waals surface area contributed by atoms with Crippen molar-refractivity contribution >= 4 is 11.9 Å². The summed E-state index contributed by atoms with van der Waals surface area (Å²) < 4.78 is 15.0. The molecule has 0 aromatic heterocycles. The van der Waals surface area contributed by atoms with Crippen LogP contribution in [0.4, 0.5) is 0 Å². The Morgan fingerprint density at radius 1 is 1.14 bits per heavy atom. The molecule has 0 aliphatic heterocycles. The lowest BCUT2D eigenvalue weighted by atomic mass is 10.1. The van der Waals surface area contributed by atoms with Gasteiger partial charge in [0, 0.05) is 20.0 Å². The number of nitrogens with zero attached hydrogens (tertiary/aromatic N) is 1. The number of hydrogen-bond acceptors (Lipinski definition) is 5. The van der Waals surface area contributed by atoms with Crippen LogP contribution in [-0.2, 0) is 9.53 Å². The Hall–Kier alpha value is -2.24. The van der Waals surface area contributed by atoms with E-state index in [2.05, 4.69) is 4.74 Å². The monoisotopic (exact) mass is 295 g/mol. The molecule has 1 rings (SSSR count). The van der Waals surface area contributed by atoms with Gasteiger partial charge in [0.1, 0.15) is 0 Å². The van der Waals surface area contributed by atoms with Crippen LogP contribution in [-0.4, -0.2) is 51.7 Å². The summed E-state index contributed by atoms with van der Waals surface area (Å²) in [6, 6.07) is 5.14. The molecule has 1 aromatic carbocycles. The zero-order valence-electron chi connectivity index (χ0n) is 12.8. The van der Waals surface area contributed by atoms with E-state index in [4.69, 9.17) is 9.47 Å². The molecule has 0 saturated carbocycles. The SMILES string of the molecule is COC(=O)CCCN(C)C(=O)c1cccc(OC)c1OC. The van der Waals surface area contributed by atoms with E-state index in [-0.39, 0.29) is 18.3 Å². The van der Waals surface area contributed by atoms with Gasteiger partial charge in [-0.15, -0.1) is 0 Å². The molecule has 0 unspecified atom stereocenters. The number of esters is 1. The quantitative estimate of drug-likeness (QED) is 0.717. The molecular formula is C15H21NO5. The lowest BCUT2D eigenvalue weighted by Crippen LogP contribution is -2.28. The number of ether oxygens (including phenoxy) is 3. The Labute approximate surface area is 124 Å². The fourth-order valence-corrected chi connectivity index (χ4v) is 1.93. The third-order valence-corrected chi connectivity index (χ3v) is 3.08. The van der Waals surface area contributed by atoms with Crippen molar-refractivity contribution in [1.29, 1.82) is 0 Å². The first-order valence-electron chi connectivity index (χ1n) is 6.58. The largest absolute Gasteiger partial charge is 0.493 e. The van der Waals surface area contributed by atoms with E-state index in [0.29, 0.717) is 30.0 Å². The normalized spacial score (nSPS) is 9.90. The molecule has 0 aliphatic rings. The van der Waals surface area contributed by atoms with Gasteiger partial charge in [0.25, 0.3) is 5.91 Å². The molecular weight excluding hydrogens is 274 g/mol. The van der Waals surface area contributed by atoms with Gasteiger partial charge >= 0.3 is 5.97 Å². The van der Waals surface area contributed by atoms with Crippen molar-refractivity contribution in [3.8, 4) is 11.5 Å². The van der Waals surface area contributed by atoms with Gasteiger partial charge in [-0.1, -0.05) is 6.07 Å². The van der Waals surface area contributed by atoms with Crippen molar-refractivity contribution in [3.05, 3.63) is 23.8 Å². The number of amides is 1. The average Bonchev–Trinajstić information content (AvgIpc) is 2.52. The maximum atomic E-state index is 12.4. The number of carbonyl (C=O) groups excluding carboxylic acids is 2. The van der Waals surface area contributed by atoms with Crippen LogP contribution in [0.2, 0.25) is 0 Å². The molecule has 21 heavy (non-hydrogen) atoms. The summed E-state index contributed by atoms with van der Waals surface area (Å²) in [6.45, 7) is 0.453. The number of rotatable bonds is 7. The molecule has 0 spiro atoms.